The van der Waals surface area contributed by atoms with Crippen molar-refractivity contribution in [1.29, 1.82) is 0 Å². The fourth-order valence-corrected chi connectivity index (χ4v) is 1.01. The van der Waals surface area contributed by atoms with Gasteiger partial charge in [0.05, 0.1) is 6.61 Å². The third-order valence-corrected chi connectivity index (χ3v) is 1.78. The van der Waals surface area contributed by atoms with Gasteiger partial charge in [0.25, 0.3) is 0 Å². The van der Waals surface area contributed by atoms with Crippen LogP contribution in [0.4, 0.5) is 4.79 Å². The van der Waals surface area contributed by atoms with Crippen LogP contribution in [0.5, 0.6) is 0 Å². The Morgan fingerprint density at radius 3 is 2.85 bits per heavy atom. The van der Waals surface area contributed by atoms with Crippen LogP contribution in [0.25, 0.3) is 0 Å². The summed E-state index contributed by atoms with van der Waals surface area (Å²) in [5.41, 5.74) is 8.46. The van der Waals surface area contributed by atoms with Gasteiger partial charge in [-0.25, -0.2) is 4.79 Å². The Bertz CT molecular complexity index is 174. The zero-order valence-corrected chi connectivity index (χ0v) is 7.56. The molecule has 0 amide bonds. The topological polar surface area (TPSA) is 67.1 Å². The van der Waals surface area contributed by atoms with Crippen molar-refractivity contribution >= 4 is 6.16 Å². The highest BCUT2D eigenvalue weighted by molar-refractivity contribution is 5.62. The van der Waals surface area contributed by atoms with Gasteiger partial charge in [0.1, 0.15) is 6.10 Å². The molecule has 5 heteroatoms. The molecule has 0 aliphatic carbocycles. The molecular weight excluding hydrogens is 174 g/mol. The molecule has 0 spiro atoms. The van der Waals surface area contributed by atoms with Crippen molar-refractivity contribution in [2.75, 3.05) is 19.8 Å². The van der Waals surface area contributed by atoms with Gasteiger partial charge in [0, 0.05) is 13.2 Å². The minimum atomic E-state index is -0.636. The summed E-state index contributed by atoms with van der Waals surface area (Å²) < 4.78 is 14.7. The van der Waals surface area contributed by atoms with Gasteiger partial charge >= 0.3 is 6.16 Å². The Hall–Kier alpha value is -0.810. The predicted octanol–water partition coefficient (Wildman–Crippen LogP) is 0.386. The van der Waals surface area contributed by atoms with Crippen LogP contribution in [-0.4, -0.2) is 38.1 Å². The molecule has 13 heavy (non-hydrogen) atoms. The van der Waals surface area contributed by atoms with Gasteiger partial charge in [-0.05, 0) is 13.3 Å². The molecule has 0 bridgehead atoms. The third kappa shape index (κ3) is 3.20. The Balaban J connectivity index is 2.11. The van der Waals surface area contributed by atoms with Crippen LogP contribution in [0.15, 0.2) is 0 Å². The lowest BCUT2D eigenvalue weighted by atomic mass is 10.2. The molecule has 1 heterocycles. The number of cyclic esters (lactones) is 2. The van der Waals surface area contributed by atoms with Crippen molar-refractivity contribution in [3.8, 4) is 0 Å². The molecule has 1 rings (SSSR count). The molecule has 5 nitrogen and oxygen atoms in total. The lowest BCUT2D eigenvalue weighted by molar-refractivity contribution is 0.0339. The first-order valence-electron chi connectivity index (χ1n) is 4.30. The van der Waals surface area contributed by atoms with E-state index in [9.17, 15) is 4.79 Å². The fraction of sp³-hybridized carbons (Fsp3) is 0.875. The Kier molecular flexibility index (Phi) is 3.98. The van der Waals surface area contributed by atoms with Crippen LogP contribution in [0.1, 0.15) is 13.3 Å². The predicted molar refractivity (Wildman–Crippen MR) is 43.3 cm³/mol. The highest BCUT2D eigenvalue weighted by Gasteiger charge is 2.32. The number of carbonyl (C=O) groups excluding carboxylic acids is 1. The SMILES string of the molecule is CC1OC(=O)OC1COCCC[N]. The number of carbonyl (C=O) groups is 1. The molecule has 0 aromatic heterocycles. The smallest absolute Gasteiger partial charge is 0.427 e. The maximum Gasteiger partial charge on any atom is 0.509 e. The lowest BCUT2D eigenvalue weighted by Crippen LogP contribution is -2.25. The van der Waals surface area contributed by atoms with E-state index in [1.165, 1.54) is 0 Å². The zero-order chi connectivity index (χ0) is 9.68. The van der Waals surface area contributed by atoms with Crippen LogP contribution in [0, 0.1) is 0 Å². The van der Waals surface area contributed by atoms with Crippen molar-refractivity contribution in [1.82, 2.24) is 5.73 Å². The third-order valence-electron chi connectivity index (χ3n) is 1.78. The molecule has 2 atom stereocenters. The normalized spacial score (nSPS) is 27.1. The summed E-state index contributed by atoms with van der Waals surface area (Å²) in [6, 6.07) is 0. The van der Waals surface area contributed by atoms with Crippen LogP contribution < -0.4 is 5.73 Å². The molecule has 0 aromatic rings. The van der Waals surface area contributed by atoms with Crippen molar-refractivity contribution in [2.24, 2.45) is 0 Å². The van der Waals surface area contributed by atoms with Crippen molar-refractivity contribution in [3.05, 3.63) is 0 Å². The first-order chi connectivity index (χ1) is 6.24. The molecule has 74 valence electrons. The largest absolute Gasteiger partial charge is 0.509 e. The summed E-state index contributed by atoms with van der Waals surface area (Å²) in [7, 11) is 0. The Labute approximate surface area is 77.1 Å². The fourth-order valence-electron chi connectivity index (χ4n) is 1.01. The molecule has 1 aliphatic heterocycles. The zero-order valence-electron chi connectivity index (χ0n) is 7.56. The highest BCUT2D eigenvalue weighted by atomic mass is 16.8. The highest BCUT2D eigenvalue weighted by Crippen LogP contribution is 2.14. The number of rotatable bonds is 5. The average Bonchev–Trinajstić information content (AvgIpc) is 2.39. The summed E-state index contributed by atoms with van der Waals surface area (Å²) in [6.45, 7) is 2.66. The van der Waals surface area contributed by atoms with Gasteiger partial charge < -0.3 is 14.2 Å². The molecule has 2 radical (unpaired) electrons. The summed E-state index contributed by atoms with van der Waals surface area (Å²) in [5, 5.41) is 0. The Morgan fingerprint density at radius 1 is 1.54 bits per heavy atom. The first kappa shape index (κ1) is 10.3. The lowest BCUT2D eigenvalue weighted by Gasteiger charge is -2.10. The van der Waals surface area contributed by atoms with Crippen LogP contribution in [-0.2, 0) is 14.2 Å². The summed E-state index contributed by atoms with van der Waals surface area (Å²) in [5.74, 6) is 0. The standard InChI is InChI=1S/C8H13NO4/c1-6-7(13-8(10)12-6)5-11-4-2-3-9/h6-7H,2-5H2,1H3. The second kappa shape index (κ2) is 5.04. The monoisotopic (exact) mass is 187 g/mol. The summed E-state index contributed by atoms with van der Waals surface area (Å²) in [6.07, 6.45) is -0.605. The van der Waals surface area contributed by atoms with Crippen LogP contribution in [0.2, 0.25) is 0 Å². The van der Waals surface area contributed by atoms with Crippen molar-refractivity contribution in [2.45, 2.75) is 25.6 Å². The van der Waals surface area contributed by atoms with Gasteiger partial charge in [-0.1, -0.05) is 0 Å². The van der Waals surface area contributed by atoms with Crippen LogP contribution >= 0.6 is 0 Å². The van der Waals surface area contributed by atoms with E-state index in [-0.39, 0.29) is 18.8 Å². The van der Waals surface area contributed by atoms with E-state index in [1.54, 1.807) is 6.92 Å². The van der Waals surface area contributed by atoms with Gasteiger partial charge in [-0.2, -0.15) is 0 Å². The van der Waals surface area contributed by atoms with E-state index in [0.717, 1.165) is 0 Å². The summed E-state index contributed by atoms with van der Waals surface area (Å²) in [4.78, 5) is 10.6. The van der Waals surface area contributed by atoms with E-state index in [0.29, 0.717) is 19.6 Å². The van der Waals surface area contributed by atoms with E-state index in [4.69, 9.17) is 19.9 Å². The maximum atomic E-state index is 10.6. The molecule has 0 saturated carbocycles. The molecule has 1 saturated heterocycles. The molecular formula is C8H13NO4. The van der Waals surface area contributed by atoms with Gasteiger partial charge in [-0.3, -0.25) is 0 Å². The second-order valence-corrected chi connectivity index (χ2v) is 2.88. The molecule has 0 aromatic carbocycles. The quantitative estimate of drug-likeness (QED) is 0.461. The van der Waals surface area contributed by atoms with E-state index >= 15 is 0 Å². The van der Waals surface area contributed by atoms with Crippen molar-refractivity contribution < 1.29 is 19.0 Å². The van der Waals surface area contributed by atoms with Gasteiger partial charge in [0.2, 0.25) is 0 Å². The van der Waals surface area contributed by atoms with Gasteiger partial charge in [0.15, 0.2) is 6.10 Å². The second-order valence-electron chi connectivity index (χ2n) is 2.88. The average molecular weight is 187 g/mol. The number of hydrogen-bond donors (Lipinski definition) is 0. The summed E-state index contributed by atoms with van der Waals surface area (Å²) >= 11 is 0. The first-order valence-corrected chi connectivity index (χ1v) is 4.30. The van der Waals surface area contributed by atoms with E-state index in [2.05, 4.69) is 0 Å². The Morgan fingerprint density at radius 2 is 2.31 bits per heavy atom. The number of ether oxygens (including phenoxy) is 3. The molecule has 0 N–H and O–H groups in total. The minimum Gasteiger partial charge on any atom is -0.427 e. The number of hydrogen-bond acceptors (Lipinski definition) is 4. The molecule has 2 unspecified atom stereocenters. The molecule has 1 fully saturated rings. The van der Waals surface area contributed by atoms with Crippen LogP contribution in [0.3, 0.4) is 0 Å². The minimum absolute atomic E-state index is 0.108. The number of nitrogens with zero attached hydrogens (tertiary/aromatic N) is 1. The van der Waals surface area contributed by atoms with E-state index in [1.807, 2.05) is 0 Å². The van der Waals surface area contributed by atoms with Crippen molar-refractivity contribution in [3.63, 3.8) is 0 Å². The molecule has 1 aliphatic rings. The van der Waals surface area contributed by atoms with E-state index < -0.39 is 6.16 Å². The maximum absolute atomic E-state index is 10.6. The van der Waals surface area contributed by atoms with Gasteiger partial charge in [-0.15, -0.1) is 5.73 Å².